The maximum absolute atomic E-state index is 9.90. The van der Waals surface area contributed by atoms with Crippen LogP contribution < -0.4 is 0 Å². The van der Waals surface area contributed by atoms with E-state index >= 15 is 0 Å². The Balaban J connectivity index is 2.58. The molecule has 3 heteroatoms. The minimum Gasteiger partial charge on any atom is -0.465 e. The molecule has 0 aliphatic carbocycles. The zero-order chi connectivity index (χ0) is 10.6. The Morgan fingerprint density at radius 3 is 2.50 bits per heavy atom. The maximum Gasteiger partial charge on any atom is 0.146 e. The van der Waals surface area contributed by atoms with Crippen LogP contribution in [0.4, 0.5) is 0 Å². The molecule has 1 aromatic heterocycles. The van der Waals surface area contributed by atoms with E-state index in [0.717, 1.165) is 23.7 Å². The summed E-state index contributed by atoms with van der Waals surface area (Å²) in [6.07, 6.45) is 4.09. The van der Waals surface area contributed by atoms with Crippen LogP contribution >= 0.6 is 15.9 Å². The van der Waals surface area contributed by atoms with Crippen LogP contribution in [0.3, 0.4) is 0 Å². The normalized spacial score (nSPS) is 13.5. The smallest absolute Gasteiger partial charge is 0.146 e. The van der Waals surface area contributed by atoms with Crippen LogP contribution in [-0.2, 0) is 0 Å². The third kappa shape index (κ3) is 2.85. The molecule has 1 unspecified atom stereocenters. The molecule has 80 valence electrons. The van der Waals surface area contributed by atoms with Crippen molar-refractivity contribution in [2.24, 2.45) is 5.92 Å². The van der Waals surface area contributed by atoms with E-state index in [1.54, 1.807) is 6.26 Å². The minimum atomic E-state index is -0.482. The molecule has 1 aromatic rings. The summed E-state index contributed by atoms with van der Waals surface area (Å²) in [5.41, 5.74) is 0. The lowest BCUT2D eigenvalue weighted by Crippen LogP contribution is -2.05. The second-order valence-corrected chi connectivity index (χ2v) is 4.42. The number of aliphatic hydroxyl groups is 1. The van der Waals surface area contributed by atoms with Gasteiger partial charge in [0.1, 0.15) is 11.9 Å². The van der Waals surface area contributed by atoms with Gasteiger partial charge in [0.2, 0.25) is 0 Å². The predicted octanol–water partition coefficient (Wildman–Crippen LogP) is 3.90. The van der Waals surface area contributed by atoms with Crippen molar-refractivity contribution in [2.75, 3.05) is 0 Å². The van der Waals surface area contributed by atoms with E-state index in [1.807, 2.05) is 6.07 Å². The Bertz CT molecular complexity index is 266. The molecule has 1 rings (SSSR count). The first kappa shape index (κ1) is 11.8. The van der Waals surface area contributed by atoms with Crippen LogP contribution in [0, 0.1) is 5.92 Å². The van der Waals surface area contributed by atoms with Crippen molar-refractivity contribution in [2.45, 2.75) is 39.2 Å². The maximum atomic E-state index is 9.90. The van der Waals surface area contributed by atoms with Crippen molar-refractivity contribution in [1.29, 1.82) is 0 Å². The quantitative estimate of drug-likeness (QED) is 0.871. The Labute approximate surface area is 93.4 Å². The molecule has 0 saturated carbocycles. The van der Waals surface area contributed by atoms with Gasteiger partial charge in [-0.3, -0.25) is 0 Å². The number of furan rings is 1. The van der Waals surface area contributed by atoms with Gasteiger partial charge in [-0.25, -0.2) is 0 Å². The Kier molecular flexibility index (Phi) is 4.69. The zero-order valence-corrected chi connectivity index (χ0v) is 10.3. The molecule has 1 atom stereocenters. The summed E-state index contributed by atoms with van der Waals surface area (Å²) in [6.45, 7) is 4.30. The highest BCUT2D eigenvalue weighted by atomic mass is 79.9. The predicted molar refractivity (Wildman–Crippen MR) is 60.1 cm³/mol. The lowest BCUT2D eigenvalue weighted by atomic mass is 9.95. The van der Waals surface area contributed by atoms with Crippen molar-refractivity contribution in [3.63, 3.8) is 0 Å². The molecule has 0 aliphatic rings. The third-order valence-corrected chi connectivity index (χ3v) is 3.31. The third-order valence-electron chi connectivity index (χ3n) is 2.66. The Morgan fingerprint density at radius 1 is 1.43 bits per heavy atom. The molecular formula is C11H17BrO2. The van der Waals surface area contributed by atoms with Gasteiger partial charge in [-0.05, 0) is 34.3 Å². The molecule has 1 N–H and O–H groups in total. The summed E-state index contributed by atoms with van der Waals surface area (Å²) in [4.78, 5) is 0. The van der Waals surface area contributed by atoms with Crippen molar-refractivity contribution in [1.82, 2.24) is 0 Å². The number of aliphatic hydroxyl groups excluding tert-OH is 1. The summed E-state index contributed by atoms with van der Waals surface area (Å²) in [5, 5.41) is 9.90. The van der Waals surface area contributed by atoms with E-state index in [-0.39, 0.29) is 0 Å². The van der Waals surface area contributed by atoms with Gasteiger partial charge in [0.05, 0.1) is 10.7 Å². The van der Waals surface area contributed by atoms with Gasteiger partial charge in [0.25, 0.3) is 0 Å². The van der Waals surface area contributed by atoms with Gasteiger partial charge in [-0.2, -0.15) is 0 Å². The summed E-state index contributed by atoms with van der Waals surface area (Å²) in [5.74, 6) is 1.22. The molecular weight excluding hydrogens is 244 g/mol. The van der Waals surface area contributed by atoms with Crippen molar-refractivity contribution < 1.29 is 9.52 Å². The molecule has 0 bridgehead atoms. The van der Waals surface area contributed by atoms with Crippen LogP contribution in [0.5, 0.6) is 0 Å². The standard InChI is InChI=1S/C11H17BrO2/c1-3-8(4-2)7-10(13)11-9(12)5-6-14-11/h5-6,8,10,13H,3-4,7H2,1-2H3. The fraction of sp³-hybridized carbons (Fsp3) is 0.636. The molecule has 0 aliphatic heterocycles. The summed E-state index contributed by atoms with van der Waals surface area (Å²) >= 11 is 3.35. The number of rotatable bonds is 5. The van der Waals surface area contributed by atoms with Crippen molar-refractivity contribution in [3.05, 3.63) is 22.6 Å². The molecule has 0 aromatic carbocycles. The number of hydrogen-bond acceptors (Lipinski definition) is 2. The van der Waals surface area contributed by atoms with Crippen LogP contribution in [0.15, 0.2) is 21.2 Å². The highest BCUT2D eigenvalue weighted by Crippen LogP contribution is 2.30. The topological polar surface area (TPSA) is 33.4 Å². The molecule has 2 nitrogen and oxygen atoms in total. The van der Waals surface area contributed by atoms with E-state index < -0.39 is 6.10 Å². The number of halogens is 1. The Hall–Kier alpha value is -0.280. The van der Waals surface area contributed by atoms with Crippen LogP contribution in [0.1, 0.15) is 45.0 Å². The van der Waals surface area contributed by atoms with Gasteiger partial charge in [-0.15, -0.1) is 0 Å². The van der Waals surface area contributed by atoms with Crippen LogP contribution in [0.2, 0.25) is 0 Å². The summed E-state index contributed by atoms with van der Waals surface area (Å²) in [7, 11) is 0. The van der Waals surface area contributed by atoms with E-state index in [1.165, 1.54) is 0 Å². The van der Waals surface area contributed by atoms with E-state index in [4.69, 9.17) is 4.42 Å². The van der Waals surface area contributed by atoms with Gasteiger partial charge in [0, 0.05) is 0 Å². The monoisotopic (exact) mass is 260 g/mol. The first-order chi connectivity index (χ1) is 6.69. The first-order valence-electron chi connectivity index (χ1n) is 5.09. The fourth-order valence-corrected chi connectivity index (χ4v) is 2.05. The lowest BCUT2D eigenvalue weighted by Gasteiger charge is -2.15. The molecule has 1 heterocycles. The van der Waals surface area contributed by atoms with Gasteiger partial charge in [-0.1, -0.05) is 26.7 Å². The molecule has 0 fully saturated rings. The van der Waals surface area contributed by atoms with E-state index in [9.17, 15) is 5.11 Å². The highest BCUT2D eigenvalue weighted by Gasteiger charge is 2.18. The number of hydrogen-bond donors (Lipinski definition) is 1. The van der Waals surface area contributed by atoms with Gasteiger partial charge >= 0.3 is 0 Å². The average Bonchev–Trinajstić information content (AvgIpc) is 2.60. The zero-order valence-electron chi connectivity index (χ0n) is 8.66. The molecule has 0 amide bonds. The highest BCUT2D eigenvalue weighted by molar-refractivity contribution is 9.10. The minimum absolute atomic E-state index is 0.482. The lowest BCUT2D eigenvalue weighted by molar-refractivity contribution is 0.116. The van der Waals surface area contributed by atoms with Crippen LogP contribution in [-0.4, -0.2) is 5.11 Å². The van der Waals surface area contributed by atoms with Crippen LogP contribution in [0.25, 0.3) is 0 Å². The fourth-order valence-electron chi connectivity index (χ4n) is 1.59. The molecule has 0 radical (unpaired) electrons. The van der Waals surface area contributed by atoms with Gasteiger partial charge in [0.15, 0.2) is 0 Å². The average molecular weight is 261 g/mol. The van der Waals surface area contributed by atoms with Crippen molar-refractivity contribution in [3.8, 4) is 0 Å². The first-order valence-corrected chi connectivity index (χ1v) is 5.89. The molecule has 0 spiro atoms. The molecule has 0 saturated heterocycles. The van der Waals surface area contributed by atoms with E-state index in [0.29, 0.717) is 11.7 Å². The molecule has 14 heavy (non-hydrogen) atoms. The van der Waals surface area contributed by atoms with Gasteiger partial charge < -0.3 is 9.52 Å². The Morgan fingerprint density at radius 2 is 2.07 bits per heavy atom. The SMILES string of the molecule is CCC(CC)CC(O)c1occc1Br. The largest absolute Gasteiger partial charge is 0.465 e. The second kappa shape index (κ2) is 5.56. The second-order valence-electron chi connectivity index (χ2n) is 3.57. The van der Waals surface area contributed by atoms with Crippen molar-refractivity contribution >= 4 is 15.9 Å². The summed E-state index contributed by atoms with van der Waals surface area (Å²) in [6, 6.07) is 1.81. The van der Waals surface area contributed by atoms with E-state index in [2.05, 4.69) is 29.8 Å². The summed E-state index contributed by atoms with van der Waals surface area (Å²) < 4.78 is 6.08.